The number of aromatic amines is 1. The predicted octanol–water partition coefficient (Wildman–Crippen LogP) is -0.0734. The summed E-state index contributed by atoms with van der Waals surface area (Å²) in [5, 5.41) is 12.6. The fourth-order valence-corrected chi connectivity index (χ4v) is 3.10. The van der Waals surface area contributed by atoms with Crippen molar-refractivity contribution >= 4 is 11.9 Å². The molecule has 3 rings (SSSR count). The van der Waals surface area contributed by atoms with Gasteiger partial charge in [-0.1, -0.05) is 0 Å². The molecule has 0 bridgehead atoms. The molecule has 0 spiro atoms. The quantitative estimate of drug-likeness (QED) is 0.565. The number of pyridine rings is 1. The van der Waals surface area contributed by atoms with Crippen LogP contribution in [0.2, 0.25) is 0 Å². The minimum atomic E-state index is -0.407. The lowest BCUT2D eigenvalue weighted by molar-refractivity contribution is -0.122. The van der Waals surface area contributed by atoms with Gasteiger partial charge in [0.1, 0.15) is 5.75 Å². The molecule has 1 amide bonds. The number of aromatic nitrogens is 3. The average Bonchev–Trinajstić information content (AvgIpc) is 2.56. The van der Waals surface area contributed by atoms with Gasteiger partial charge in [0.05, 0.1) is 37.6 Å². The zero-order valence-corrected chi connectivity index (χ0v) is 14.3. The van der Waals surface area contributed by atoms with Crippen LogP contribution >= 0.6 is 0 Å². The minimum absolute atomic E-state index is 0.0315. The summed E-state index contributed by atoms with van der Waals surface area (Å²) in [4.78, 5) is 34.4. The van der Waals surface area contributed by atoms with E-state index in [4.69, 9.17) is 10.5 Å². The third kappa shape index (κ3) is 4.17. The second-order valence-corrected chi connectivity index (χ2v) is 6.39. The monoisotopic (exact) mass is 359 g/mol. The van der Waals surface area contributed by atoms with E-state index >= 15 is 0 Å². The number of hydrogen-bond acceptors (Lipinski definition) is 7. The molecule has 9 heteroatoms. The highest BCUT2D eigenvalue weighted by Gasteiger charge is 2.36. The zero-order chi connectivity index (χ0) is 18.7. The van der Waals surface area contributed by atoms with E-state index in [9.17, 15) is 14.7 Å². The first-order valence-electron chi connectivity index (χ1n) is 8.26. The number of nitrogen functional groups attached to an aromatic ring is 1. The van der Waals surface area contributed by atoms with E-state index in [1.807, 2.05) is 6.07 Å². The van der Waals surface area contributed by atoms with Crippen LogP contribution in [0.5, 0.6) is 5.75 Å². The van der Waals surface area contributed by atoms with Gasteiger partial charge in [0.2, 0.25) is 11.9 Å². The number of ether oxygens (including phenoxy) is 1. The minimum Gasteiger partial charge on any atom is -0.495 e. The van der Waals surface area contributed by atoms with Gasteiger partial charge in [-0.3, -0.25) is 19.6 Å². The lowest BCUT2D eigenvalue weighted by Gasteiger charge is -2.38. The lowest BCUT2D eigenvalue weighted by atomic mass is 9.75. The fourth-order valence-electron chi connectivity index (χ4n) is 3.10. The second kappa shape index (κ2) is 7.52. The van der Waals surface area contributed by atoms with Gasteiger partial charge >= 0.3 is 0 Å². The molecule has 2 heterocycles. The molecule has 1 atom stereocenters. The highest BCUT2D eigenvalue weighted by atomic mass is 16.5. The molecule has 5 N–H and O–H groups in total. The first-order valence-corrected chi connectivity index (χ1v) is 8.26. The smallest absolute Gasteiger partial charge is 0.252 e. The summed E-state index contributed by atoms with van der Waals surface area (Å²) in [6.45, 7) is 0. The highest BCUT2D eigenvalue weighted by molar-refractivity contribution is 5.78. The Kier molecular flexibility index (Phi) is 5.17. The maximum atomic E-state index is 12.5. The number of nitrogens with two attached hydrogens (primary N) is 1. The number of methoxy groups -OCH3 is 1. The molecule has 1 saturated carbocycles. The number of amides is 1. The largest absolute Gasteiger partial charge is 0.495 e. The van der Waals surface area contributed by atoms with Crippen LogP contribution in [0, 0.1) is 5.92 Å². The Morgan fingerprint density at radius 2 is 2.23 bits per heavy atom. The zero-order valence-electron chi connectivity index (χ0n) is 14.3. The van der Waals surface area contributed by atoms with Gasteiger partial charge in [-0.05, 0) is 30.4 Å². The SMILES string of the molecule is COc1cncc([C@H](NC(=O)Cc2cc(=O)[nH]c(N)n2)C2CC(O)C2)c1. The maximum Gasteiger partial charge on any atom is 0.252 e. The van der Waals surface area contributed by atoms with Gasteiger partial charge in [-0.15, -0.1) is 0 Å². The van der Waals surface area contributed by atoms with Crippen molar-refractivity contribution in [2.24, 2.45) is 5.92 Å². The molecule has 26 heavy (non-hydrogen) atoms. The van der Waals surface area contributed by atoms with Crippen LogP contribution < -0.4 is 21.3 Å². The summed E-state index contributed by atoms with van der Waals surface area (Å²) < 4.78 is 5.20. The first kappa shape index (κ1) is 17.9. The summed E-state index contributed by atoms with van der Waals surface area (Å²) in [5.74, 6) is 0.360. The first-order chi connectivity index (χ1) is 12.4. The van der Waals surface area contributed by atoms with Crippen molar-refractivity contribution in [3.63, 3.8) is 0 Å². The Morgan fingerprint density at radius 1 is 1.46 bits per heavy atom. The maximum absolute atomic E-state index is 12.5. The predicted molar refractivity (Wildman–Crippen MR) is 93.4 cm³/mol. The number of rotatable bonds is 6. The van der Waals surface area contributed by atoms with E-state index < -0.39 is 5.56 Å². The fraction of sp³-hybridized carbons (Fsp3) is 0.412. The average molecular weight is 359 g/mol. The molecule has 2 aromatic heterocycles. The molecule has 1 aliphatic carbocycles. The Hall–Kier alpha value is -2.94. The molecule has 138 valence electrons. The van der Waals surface area contributed by atoms with Crippen LogP contribution in [-0.2, 0) is 11.2 Å². The van der Waals surface area contributed by atoms with Crippen LogP contribution in [0.4, 0.5) is 5.95 Å². The normalized spacial score (nSPS) is 20.1. The van der Waals surface area contributed by atoms with Crippen LogP contribution in [0.1, 0.15) is 30.1 Å². The number of nitrogens with one attached hydrogen (secondary N) is 2. The number of anilines is 1. The van der Waals surface area contributed by atoms with Crippen molar-refractivity contribution < 1.29 is 14.6 Å². The van der Waals surface area contributed by atoms with E-state index in [-0.39, 0.29) is 36.3 Å². The number of carbonyl (C=O) groups is 1. The second-order valence-electron chi connectivity index (χ2n) is 6.39. The topological polar surface area (TPSA) is 143 Å². The standard InChI is InChI=1S/C17H21N5O4/c1-26-13-4-10(7-19-8-13)16(9-2-12(23)3-9)21-14(24)5-11-6-15(25)22-17(18)20-11/h4,6-9,12,16,23H,2-3,5H2,1H3,(H,21,24)(H3,18,20,22,25)/t9?,12?,16-/m1/s1. The molecule has 2 aromatic rings. The Labute approximate surface area is 149 Å². The molecule has 9 nitrogen and oxygen atoms in total. The molecule has 1 aliphatic rings. The van der Waals surface area contributed by atoms with E-state index in [1.54, 1.807) is 19.5 Å². The van der Waals surface area contributed by atoms with E-state index in [1.165, 1.54) is 6.07 Å². The number of nitrogens with zero attached hydrogens (tertiary/aromatic N) is 2. The van der Waals surface area contributed by atoms with Gasteiger partial charge in [-0.2, -0.15) is 0 Å². The van der Waals surface area contributed by atoms with E-state index in [2.05, 4.69) is 20.3 Å². The molecule has 1 fully saturated rings. The van der Waals surface area contributed by atoms with Crippen LogP contribution in [-0.4, -0.2) is 39.2 Å². The van der Waals surface area contributed by atoms with Crippen molar-refractivity contribution in [2.75, 3.05) is 12.8 Å². The Morgan fingerprint density at radius 3 is 2.88 bits per heavy atom. The van der Waals surface area contributed by atoms with Crippen LogP contribution in [0.25, 0.3) is 0 Å². The van der Waals surface area contributed by atoms with Gasteiger partial charge < -0.3 is 20.9 Å². The number of hydrogen-bond donors (Lipinski definition) is 4. The Balaban J connectivity index is 1.76. The van der Waals surface area contributed by atoms with Crippen molar-refractivity contribution in [1.82, 2.24) is 20.3 Å². The third-order valence-electron chi connectivity index (χ3n) is 4.42. The van der Waals surface area contributed by atoms with Gasteiger partial charge in [-0.25, -0.2) is 4.98 Å². The number of H-pyrrole nitrogens is 1. The summed E-state index contributed by atoms with van der Waals surface area (Å²) in [5.41, 5.74) is 6.19. The highest BCUT2D eigenvalue weighted by Crippen LogP contribution is 2.38. The molecule has 0 unspecified atom stereocenters. The summed E-state index contributed by atoms with van der Waals surface area (Å²) >= 11 is 0. The van der Waals surface area contributed by atoms with Crippen LogP contribution in [0.15, 0.2) is 29.3 Å². The van der Waals surface area contributed by atoms with E-state index in [0.29, 0.717) is 24.3 Å². The number of carbonyl (C=O) groups excluding carboxylic acids is 1. The number of aliphatic hydroxyl groups excluding tert-OH is 1. The van der Waals surface area contributed by atoms with Crippen LogP contribution in [0.3, 0.4) is 0 Å². The molecular weight excluding hydrogens is 338 g/mol. The molecular formula is C17H21N5O4. The summed E-state index contributed by atoms with van der Waals surface area (Å²) in [7, 11) is 1.55. The Bertz CT molecular complexity index is 847. The lowest BCUT2D eigenvalue weighted by Crippen LogP contribution is -2.42. The van der Waals surface area contributed by atoms with Gasteiger partial charge in [0.15, 0.2) is 0 Å². The van der Waals surface area contributed by atoms with Crippen molar-refractivity contribution in [1.29, 1.82) is 0 Å². The number of aliphatic hydroxyl groups is 1. The molecule has 0 radical (unpaired) electrons. The van der Waals surface area contributed by atoms with Crippen molar-refractivity contribution in [3.8, 4) is 5.75 Å². The van der Waals surface area contributed by atoms with Crippen molar-refractivity contribution in [3.05, 3.63) is 46.1 Å². The summed E-state index contributed by atoms with van der Waals surface area (Å²) in [6.07, 6.45) is 4.02. The summed E-state index contributed by atoms with van der Waals surface area (Å²) in [6, 6.07) is 2.74. The van der Waals surface area contributed by atoms with Gasteiger partial charge in [0.25, 0.3) is 5.56 Å². The van der Waals surface area contributed by atoms with Gasteiger partial charge in [0, 0.05) is 12.3 Å². The molecule has 0 saturated heterocycles. The van der Waals surface area contributed by atoms with Crippen molar-refractivity contribution in [2.45, 2.75) is 31.4 Å². The third-order valence-corrected chi connectivity index (χ3v) is 4.42. The van der Waals surface area contributed by atoms with E-state index in [0.717, 1.165) is 5.56 Å². The molecule has 0 aromatic carbocycles. The molecule has 0 aliphatic heterocycles.